The van der Waals surface area contributed by atoms with E-state index < -0.39 is 23.5 Å². The van der Waals surface area contributed by atoms with Gasteiger partial charge in [-0.15, -0.1) is 0 Å². The molecule has 0 bridgehead atoms. The lowest BCUT2D eigenvalue weighted by atomic mass is 9.75. The van der Waals surface area contributed by atoms with Crippen molar-refractivity contribution in [2.45, 2.75) is 46.0 Å². The highest BCUT2D eigenvalue weighted by atomic mass is 19.2. The molecule has 1 aromatic carbocycles. The molecular weight excluding hydrogens is 352 g/mol. The van der Waals surface area contributed by atoms with Crippen LogP contribution in [-0.4, -0.2) is 18.4 Å². The first kappa shape index (κ1) is 19.3. The number of carbonyl (C=O) groups excluding carboxylic acids is 2. The second-order valence-corrected chi connectivity index (χ2v) is 7.43. The van der Waals surface area contributed by atoms with Gasteiger partial charge < -0.3 is 10.1 Å². The Labute approximate surface area is 157 Å². The van der Waals surface area contributed by atoms with Crippen molar-refractivity contribution in [3.8, 4) is 0 Å². The van der Waals surface area contributed by atoms with Gasteiger partial charge in [0, 0.05) is 29.3 Å². The van der Waals surface area contributed by atoms with Crippen molar-refractivity contribution < 1.29 is 23.1 Å². The summed E-state index contributed by atoms with van der Waals surface area (Å²) < 4.78 is 32.8. The second-order valence-electron chi connectivity index (χ2n) is 7.43. The van der Waals surface area contributed by atoms with E-state index in [0.29, 0.717) is 29.7 Å². The van der Waals surface area contributed by atoms with Gasteiger partial charge in [0.1, 0.15) is 0 Å². The number of rotatable bonds is 4. The number of hydrogen-bond acceptors (Lipinski definition) is 4. The monoisotopic (exact) mass is 375 g/mol. The predicted molar refractivity (Wildman–Crippen MR) is 96.6 cm³/mol. The zero-order valence-corrected chi connectivity index (χ0v) is 15.7. The number of carbonyl (C=O) groups is 2. The van der Waals surface area contributed by atoms with Crippen molar-refractivity contribution in [3.05, 3.63) is 57.9 Å². The van der Waals surface area contributed by atoms with E-state index in [1.807, 2.05) is 13.8 Å². The molecule has 0 saturated carbocycles. The Morgan fingerprint density at radius 3 is 2.67 bits per heavy atom. The fourth-order valence-electron chi connectivity index (χ4n) is 3.60. The van der Waals surface area contributed by atoms with Crippen molar-refractivity contribution in [3.63, 3.8) is 0 Å². The van der Waals surface area contributed by atoms with Crippen LogP contribution < -0.4 is 5.32 Å². The Hall–Kier alpha value is -2.50. The van der Waals surface area contributed by atoms with Crippen LogP contribution in [0.15, 0.2) is 40.7 Å². The summed E-state index contributed by atoms with van der Waals surface area (Å²) in [7, 11) is 0. The molecule has 6 heteroatoms. The molecule has 0 unspecified atom stereocenters. The third kappa shape index (κ3) is 3.80. The summed E-state index contributed by atoms with van der Waals surface area (Å²) in [5.41, 5.74) is 2.42. The molecule has 1 aromatic rings. The fourth-order valence-corrected chi connectivity index (χ4v) is 3.60. The van der Waals surface area contributed by atoms with E-state index >= 15 is 0 Å². The maximum absolute atomic E-state index is 13.9. The summed E-state index contributed by atoms with van der Waals surface area (Å²) in [6.07, 6.45) is 1.76. The van der Waals surface area contributed by atoms with Gasteiger partial charge in [0.25, 0.3) is 0 Å². The van der Waals surface area contributed by atoms with Gasteiger partial charge in [0.15, 0.2) is 17.4 Å². The lowest BCUT2D eigenvalue weighted by Crippen LogP contribution is -2.34. The van der Waals surface area contributed by atoms with E-state index in [4.69, 9.17) is 4.74 Å². The summed E-state index contributed by atoms with van der Waals surface area (Å²) in [6, 6.07) is 3.50. The largest absolute Gasteiger partial charge is 0.462 e. The quantitative estimate of drug-likeness (QED) is 0.804. The molecule has 0 aromatic heterocycles. The Balaban J connectivity index is 2.10. The van der Waals surface area contributed by atoms with Gasteiger partial charge in [-0.05, 0) is 43.4 Å². The molecule has 1 N–H and O–H groups in total. The molecule has 2 aliphatic rings. The maximum Gasteiger partial charge on any atom is 0.336 e. The smallest absolute Gasteiger partial charge is 0.336 e. The lowest BCUT2D eigenvalue weighted by Gasteiger charge is -2.34. The molecule has 1 atom stereocenters. The predicted octanol–water partition coefficient (Wildman–Crippen LogP) is 4.13. The van der Waals surface area contributed by atoms with Gasteiger partial charge in [-0.2, -0.15) is 0 Å². The number of nitrogens with one attached hydrogen (secondary N) is 1. The van der Waals surface area contributed by atoms with Crippen LogP contribution in [0.1, 0.15) is 51.5 Å². The topological polar surface area (TPSA) is 55.4 Å². The van der Waals surface area contributed by atoms with E-state index in [1.165, 1.54) is 6.07 Å². The number of Topliss-reactive ketones (excluding diaryl/α,β-unsaturated/α-hetero) is 1. The first-order valence-corrected chi connectivity index (χ1v) is 9.15. The SMILES string of the molecule is CC1=C(C(=O)OCC(C)C)[C@@H](c2ccc(F)c(F)c2)C2=C(CCCC2=O)N1. The highest BCUT2D eigenvalue weighted by Gasteiger charge is 2.39. The van der Waals surface area contributed by atoms with Crippen LogP contribution in [0, 0.1) is 17.6 Å². The summed E-state index contributed by atoms with van der Waals surface area (Å²) in [6.45, 7) is 5.82. The highest BCUT2D eigenvalue weighted by molar-refractivity contribution is 6.03. The summed E-state index contributed by atoms with van der Waals surface area (Å²) in [5.74, 6) is -3.22. The fraction of sp³-hybridized carbons (Fsp3) is 0.429. The molecule has 1 aliphatic heterocycles. The van der Waals surface area contributed by atoms with Gasteiger partial charge in [0.05, 0.1) is 12.2 Å². The van der Waals surface area contributed by atoms with Crippen LogP contribution in [-0.2, 0) is 14.3 Å². The molecule has 0 radical (unpaired) electrons. The van der Waals surface area contributed by atoms with Gasteiger partial charge in [-0.3, -0.25) is 4.79 Å². The number of allylic oxidation sites excluding steroid dienone is 3. The van der Waals surface area contributed by atoms with Gasteiger partial charge >= 0.3 is 5.97 Å². The lowest BCUT2D eigenvalue weighted by molar-refractivity contribution is -0.140. The summed E-state index contributed by atoms with van der Waals surface area (Å²) >= 11 is 0. The van der Waals surface area contributed by atoms with Gasteiger partial charge in [-0.1, -0.05) is 19.9 Å². The Morgan fingerprint density at radius 1 is 1.26 bits per heavy atom. The van der Waals surface area contributed by atoms with E-state index in [-0.39, 0.29) is 23.9 Å². The van der Waals surface area contributed by atoms with E-state index in [1.54, 1.807) is 6.92 Å². The molecule has 27 heavy (non-hydrogen) atoms. The number of halogens is 2. The standard InChI is InChI=1S/C21H23F2NO3/c1-11(2)10-27-21(26)18-12(3)24-16-5-4-6-17(25)20(16)19(18)13-7-8-14(22)15(23)9-13/h7-9,11,19,24H,4-6,10H2,1-3H3/t19-/m1/s1. The third-order valence-electron chi connectivity index (χ3n) is 4.82. The average Bonchev–Trinajstić information content (AvgIpc) is 2.61. The van der Waals surface area contributed by atoms with Crippen molar-refractivity contribution >= 4 is 11.8 Å². The molecule has 0 spiro atoms. The molecular formula is C21H23F2NO3. The molecule has 1 heterocycles. The normalized spacial score (nSPS) is 19.9. The summed E-state index contributed by atoms with van der Waals surface area (Å²) in [4.78, 5) is 25.5. The minimum Gasteiger partial charge on any atom is -0.462 e. The minimum atomic E-state index is -1.01. The van der Waals surface area contributed by atoms with Crippen molar-refractivity contribution in [1.29, 1.82) is 0 Å². The van der Waals surface area contributed by atoms with E-state index in [0.717, 1.165) is 24.3 Å². The third-order valence-corrected chi connectivity index (χ3v) is 4.82. The molecule has 0 fully saturated rings. The molecule has 0 saturated heterocycles. The van der Waals surface area contributed by atoms with Crippen LogP contribution in [0.4, 0.5) is 8.78 Å². The number of ketones is 1. The zero-order chi connectivity index (χ0) is 19.7. The average molecular weight is 375 g/mol. The first-order chi connectivity index (χ1) is 12.8. The summed E-state index contributed by atoms with van der Waals surface area (Å²) in [5, 5.41) is 3.16. The Morgan fingerprint density at radius 2 is 2.00 bits per heavy atom. The molecule has 144 valence electrons. The minimum absolute atomic E-state index is 0.0832. The van der Waals surface area contributed by atoms with Gasteiger partial charge in [0.2, 0.25) is 0 Å². The number of esters is 1. The van der Waals surface area contributed by atoms with E-state index in [9.17, 15) is 18.4 Å². The van der Waals surface area contributed by atoms with Crippen molar-refractivity contribution in [2.24, 2.45) is 5.92 Å². The van der Waals surface area contributed by atoms with Crippen LogP contribution in [0.5, 0.6) is 0 Å². The number of hydrogen-bond donors (Lipinski definition) is 1. The highest BCUT2D eigenvalue weighted by Crippen LogP contribution is 2.42. The first-order valence-electron chi connectivity index (χ1n) is 9.15. The number of ether oxygens (including phenoxy) is 1. The Bertz CT molecular complexity index is 855. The molecule has 1 aliphatic carbocycles. The van der Waals surface area contributed by atoms with Crippen LogP contribution in [0.3, 0.4) is 0 Å². The maximum atomic E-state index is 13.9. The zero-order valence-electron chi connectivity index (χ0n) is 15.7. The number of dihydropyridines is 1. The number of benzene rings is 1. The van der Waals surface area contributed by atoms with Gasteiger partial charge in [-0.25, -0.2) is 13.6 Å². The van der Waals surface area contributed by atoms with Crippen molar-refractivity contribution in [1.82, 2.24) is 5.32 Å². The van der Waals surface area contributed by atoms with Crippen LogP contribution in [0.25, 0.3) is 0 Å². The molecule has 0 amide bonds. The van der Waals surface area contributed by atoms with Crippen LogP contribution in [0.2, 0.25) is 0 Å². The molecule has 3 rings (SSSR count). The second kappa shape index (κ2) is 7.62. The van der Waals surface area contributed by atoms with Crippen LogP contribution >= 0.6 is 0 Å². The van der Waals surface area contributed by atoms with Crippen molar-refractivity contribution in [2.75, 3.05) is 6.61 Å². The Kier molecular flexibility index (Phi) is 5.44. The van der Waals surface area contributed by atoms with E-state index in [2.05, 4.69) is 5.32 Å². The molecule has 4 nitrogen and oxygen atoms in total.